The molecule has 0 unspecified atom stereocenters. The minimum atomic E-state index is -0.289. The molecule has 0 radical (unpaired) electrons. The molecular weight excluding hydrogens is 344 g/mol. The van der Waals surface area contributed by atoms with Crippen LogP contribution < -0.4 is 5.73 Å². The highest BCUT2D eigenvalue weighted by atomic mass is 16.5. The average Bonchev–Trinajstić information content (AvgIpc) is 2.83. The molecule has 0 aliphatic carbocycles. The molecular formula is C20H28N4O3. The van der Waals surface area contributed by atoms with E-state index >= 15 is 0 Å². The lowest BCUT2D eigenvalue weighted by Crippen LogP contribution is -2.37. The van der Waals surface area contributed by atoms with Gasteiger partial charge in [-0.05, 0) is 18.1 Å². The molecule has 27 heavy (non-hydrogen) atoms. The molecule has 0 spiro atoms. The van der Waals surface area contributed by atoms with Crippen LogP contribution >= 0.6 is 0 Å². The summed E-state index contributed by atoms with van der Waals surface area (Å²) in [4.78, 5) is 27.5. The molecule has 2 amide bonds. The van der Waals surface area contributed by atoms with Gasteiger partial charge in [0.2, 0.25) is 11.8 Å². The smallest absolute Gasteiger partial charge is 0.248 e. The van der Waals surface area contributed by atoms with Gasteiger partial charge in [0.25, 0.3) is 0 Å². The molecule has 1 aromatic carbocycles. The maximum Gasteiger partial charge on any atom is 0.248 e. The van der Waals surface area contributed by atoms with Crippen molar-refractivity contribution in [2.45, 2.75) is 25.9 Å². The number of carbonyl (C=O) groups is 2. The standard InChI is InChI=1S/C20H28N4O3/c1-27-15-20(26)23-9-4-8-22(11-12-23)13-16-14-24(10-7-19(21)25)18-6-3-2-5-17(16)18/h2-3,5-6,14H,4,7-13,15H2,1H3,(H2,21,25). The number of benzene rings is 1. The Labute approximate surface area is 159 Å². The summed E-state index contributed by atoms with van der Waals surface area (Å²) in [6.07, 6.45) is 3.42. The van der Waals surface area contributed by atoms with E-state index in [9.17, 15) is 9.59 Å². The van der Waals surface area contributed by atoms with Gasteiger partial charge in [-0.3, -0.25) is 14.5 Å². The largest absolute Gasteiger partial charge is 0.375 e. The first-order chi connectivity index (χ1) is 13.1. The van der Waals surface area contributed by atoms with E-state index in [1.807, 2.05) is 17.0 Å². The third-order valence-corrected chi connectivity index (χ3v) is 5.07. The quantitative estimate of drug-likeness (QED) is 0.792. The number of nitrogens with zero attached hydrogens (tertiary/aromatic N) is 3. The second kappa shape index (κ2) is 9.01. The number of aryl methyl sites for hydroxylation is 1. The zero-order chi connectivity index (χ0) is 19.2. The summed E-state index contributed by atoms with van der Waals surface area (Å²) in [5, 5.41) is 1.21. The third-order valence-electron chi connectivity index (χ3n) is 5.07. The summed E-state index contributed by atoms with van der Waals surface area (Å²) in [6.45, 7) is 4.87. The normalized spacial score (nSPS) is 15.8. The van der Waals surface area contributed by atoms with Gasteiger partial charge in [-0.25, -0.2) is 0 Å². The van der Waals surface area contributed by atoms with Gasteiger partial charge in [-0.15, -0.1) is 0 Å². The second-order valence-electron chi connectivity index (χ2n) is 7.02. The van der Waals surface area contributed by atoms with Crippen molar-refractivity contribution in [3.05, 3.63) is 36.0 Å². The van der Waals surface area contributed by atoms with Crippen LogP contribution in [0.5, 0.6) is 0 Å². The Morgan fingerprint density at radius 1 is 1.15 bits per heavy atom. The van der Waals surface area contributed by atoms with E-state index in [1.165, 1.54) is 10.9 Å². The molecule has 7 heteroatoms. The lowest BCUT2D eigenvalue weighted by molar-refractivity contribution is -0.135. The minimum absolute atomic E-state index is 0.0578. The molecule has 1 aromatic heterocycles. The van der Waals surface area contributed by atoms with Crippen molar-refractivity contribution in [3.8, 4) is 0 Å². The number of methoxy groups -OCH3 is 1. The van der Waals surface area contributed by atoms with Crippen molar-refractivity contribution in [1.82, 2.24) is 14.4 Å². The molecule has 0 bridgehead atoms. The van der Waals surface area contributed by atoms with Crippen molar-refractivity contribution in [3.63, 3.8) is 0 Å². The van der Waals surface area contributed by atoms with Gasteiger partial charge >= 0.3 is 0 Å². The zero-order valence-electron chi connectivity index (χ0n) is 15.9. The SMILES string of the molecule is COCC(=O)N1CCCN(Cc2cn(CCC(N)=O)c3ccccc23)CC1. The first-order valence-corrected chi connectivity index (χ1v) is 9.42. The number of aromatic nitrogens is 1. The molecule has 2 N–H and O–H groups in total. The maximum atomic E-state index is 12.1. The summed E-state index contributed by atoms with van der Waals surface area (Å²) in [6, 6.07) is 8.25. The zero-order valence-corrected chi connectivity index (χ0v) is 15.9. The van der Waals surface area contributed by atoms with Crippen molar-refractivity contribution in [2.24, 2.45) is 5.73 Å². The van der Waals surface area contributed by atoms with Crippen LogP contribution in [0.25, 0.3) is 10.9 Å². The topological polar surface area (TPSA) is 80.8 Å². The summed E-state index contributed by atoms with van der Waals surface area (Å²) in [7, 11) is 1.55. The number of primary amides is 1. The van der Waals surface area contributed by atoms with Gasteiger partial charge in [0.15, 0.2) is 0 Å². The third kappa shape index (κ3) is 4.87. The number of amides is 2. The number of rotatable bonds is 7. The van der Waals surface area contributed by atoms with Crippen molar-refractivity contribution < 1.29 is 14.3 Å². The van der Waals surface area contributed by atoms with E-state index in [0.717, 1.165) is 44.7 Å². The molecule has 1 aliphatic rings. The highest BCUT2D eigenvalue weighted by molar-refractivity contribution is 5.84. The number of hydrogen-bond donors (Lipinski definition) is 1. The fourth-order valence-corrected chi connectivity index (χ4v) is 3.70. The summed E-state index contributed by atoms with van der Waals surface area (Å²) < 4.78 is 7.08. The summed E-state index contributed by atoms with van der Waals surface area (Å²) in [5.74, 6) is -0.231. The van der Waals surface area contributed by atoms with E-state index in [4.69, 9.17) is 10.5 Å². The molecule has 3 rings (SSSR count). The monoisotopic (exact) mass is 372 g/mol. The number of ether oxygens (including phenoxy) is 1. The van der Waals surface area contributed by atoms with Crippen LogP contribution in [0.4, 0.5) is 0 Å². The highest BCUT2D eigenvalue weighted by Gasteiger charge is 2.20. The lowest BCUT2D eigenvalue weighted by Gasteiger charge is -2.21. The molecule has 1 fully saturated rings. The number of carbonyl (C=O) groups excluding carboxylic acids is 2. The van der Waals surface area contributed by atoms with Crippen LogP contribution in [0.1, 0.15) is 18.4 Å². The van der Waals surface area contributed by atoms with Crippen LogP contribution in [0.15, 0.2) is 30.5 Å². The van der Waals surface area contributed by atoms with Crippen LogP contribution in [-0.2, 0) is 27.4 Å². The first kappa shape index (κ1) is 19.4. The molecule has 7 nitrogen and oxygen atoms in total. The van der Waals surface area contributed by atoms with Crippen LogP contribution in [0.3, 0.4) is 0 Å². The van der Waals surface area contributed by atoms with E-state index < -0.39 is 0 Å². The van der Waals surface area contributed by atoms with Gasteiger partial charge in [-0.1, -0.05) is 18.2 Å². The van der Waals surface area contributed by atoms with Crippen molar-refractivity contribution in [2.75, 3.05) is 39.9 Å². The Bertz CT molecular complexity index is 802. The Kier molecular flexibility index (Phi) is 6.47. The predicted molar refractivity (Wildman–Crippen MR) is 104 cm³/mol. The molecule has 0 atom stereocenters. The molecule has 2 aromatic rings. The van der Waals surface area contributed by atoms with Crippen LogP contribution in [0, 0.1) is 0 Å². The van der Waals surface area contributed by atoms with E-state index in [1.54, 1.807) is 7.11 Å². The van der Waals surface area contributed by atoms with E-state index in [0.29, 0.717) is 13.0 Å². The highest BCUT2D eigenvalue weighted by Crippen LogP contribution is 2.23. The van der Waals surface area contributed by atoms with Crippen molar-refractivity contribution >= 4 is 22.7 Å². The van der Waals surface area contributed by atoms with Gasteiger partial charge in [0.05, 0.1) is 0 Å². The Balaban J connectivity index is 1.71. The first-order valence-electron chi connectivity index (χ1n) is 9.42. The minimum Gasteiger partial charge on any atom is -0.375 e. The fourth-order valence-electron chi connectivity index (χ4n) is 3.70. The maximum absolute atomic E-state index is 12.1. The summed E-state index contributed by atoms with van der Waals surface area (Å²) >= 11 is 0. The number of hydrogen-bond acceptors (Lipinski definition) is 4. The molecule has 0 saturated carbocycles. The van der Waals surface area contributed by atoms with E-state index in [-0.39, 0.29) is 18.4 Å². The Hall–Kier alpha value is -2.38. The predicted octanol–water partition coefficient (Wildman–Crippen LogP) is 1.20. The van der Waals surface area contributed by atoms with Gasteiger partial charge in [0.1, 0.15) is 6.61 Å². The fraction of sp³-hybridized carbons (Fsp3) is 0.500. The number of para-hydroxylation sites is 1. The Morgan fingerprint density at radius 2 is 1.96 bits per heavy atom. The second-order valence-corrected chi connectivity index (χ2v) is 7.02. The number of nitrogens with two attached hydrogens (primary N) is 1. The van der Waals surface area contributed by atoms with Crippen LogP contribution in [-0.4, -0.2) is 66.1 Å². The molecule has 2 heterocycles. The van der Waals surface area contributed by atoms with Gasteiger partial charge in [-0.2, -0.15) is 0 Å². The lowest BCUT2D eigenvalue weighted by atomic mass is 10.1. The van der Waals surface area contributed by atoms with Gasteiger partial charge < -0.3 is 19.9 Å². The summed E-state index contributed by atoms with van der Waals surface area (Å²) in [5.41, 5.74) is 7.68. The number of fused-ring (bicyclic) bond motifs is 1. The average molecular weight is 372 g/mol. The Morgan fingerprint density at radius 3 is 2.74 bits per heavy atom. The van der Waals surface area contributed by atoms with Gasteiger partial charge in [0, 0.05) is 69.9 Å². The molecule has 1 aliphatic heterocycles. The van der Waals surface area contributed by atoms with Crippen molar-refractivity contribution in [1.29, 1.82) is 0 Å². The van der Waals surface area contributed by atoms with E-state index in [2.05, 4.69) is 27.8 Å². The van der Waals surface area contributed by atoms with Crippen LogP contribution in [0.2, 0.25) is 0 Å². The molecule has 1 saturated heterocycles. The molecule has 146 valence electrons.